The van der Waals surface area contributed by atoms with E-state index in [-0.39, 0.29) is 23.9 Å². The zero-order valence-corrected chi connectivity index (χ0v) is 19.0. The molecule has 1 aromatic carbocycles. The Hall–Kier alpha value is -1.44. The number of benzene rings is 1. The van der Waals surface area contributed by atoms with Gasteiger partial charge in [-0.2, -0.15) is 0 Å². The van der Waals surface area contributed by atoms with E-state index in [9.17, 15) is 13.2 Å². The molecule has 6 nitrogen and oxygen atoms in total. The third-order valence-corrected chi connectivity index (χ3v) is 8.65. The van der Waals surface area contributed by atoms with Gasteiger partial charge in [0.05, 0.1) is 10.9 Å². The molecule has 1 aromatic rings. The van der Waals surface area contributed by atoms with Gasteiger partial charge in [-0.1, -0.05) is 18.9 Å². The van der Waals surface area contributed by atoms with E-state index in [1.807, 2.05) is 6.07 Å². The van der Waals surface area contributed by atoms with E-state index < -0.39 is 10.0 Å². The maximum absolute atomic E-state index is 12.9. The number of aryl methyl sites for hydroxylation is 1. The summed E-state index contributed by atoms with van der Waals surface area (Å²) < 4.78 is 28.6. The van der Waals surface area contributed by atoms with Crippen molar-refractivity contribution in [3.05, 3.63) is 29.3 Å². The first kappa shape index (κ1) is 21.8. The van der Waals surface area contributed by atoms with Gasteiger partial charge in [-0.15, -0.1) is 0 Å². The Labute approximate surface area is 180 Å². The van der Waals surface area contributed by atoms with Crippen LogP contribution in [0.1, 0.15) is 76.0 Å². The number of amides is 1. The fraction of sp³-hybridized carbons (Fsp3) is 0.696. The van der Waals surface area contributed by atoms with Crippen LogP contribution in [0.25, 0.3) is 0 Å². The molecule has 4 rings (SSSR count). The van der Waals surface area contributed by atoms with Gasteiger partial charge in [0.2, 0.25) is 15.9 Å². The minimum Gasteiger partial charge on any atom is -0.349 e. The standard InChI is InChI=1S/C23H35N3O3S/c1-16(2)26-13-11-18(12-14-26)23(27)24-22-10-8-17-7-9-20(15-21(17)22)30(28,29)25-19-5-3-4-6-19/h7,9,15-16,18-19,22,25H,3-6,8,10-14H2,1-2H3,(H,24,27). The zero-order valence-electron chi connectivity index (χ0n) is 18.2. The van der Waals surface area contributed by atoms with Gasteiger partial charge in [-0.3, -0.25) is 4.79 Å². The van der Waals surface area contributed by atoms with Crippen molar-refractivity contribution in [3.8, 4) is 0 Å². The molecule has 1 atom stereocenters. The molecular formula is C23H35N3O3S. The molecule has 2 N–H and O–H groups in total. The average molecular weight is 434 g/mol. The van der Waals surface area contributed by atoms with Crippen LogP contribution in [0.5, 0.6) is 0 Å². The number of likely N-dealkylation sites (tertiary alicyclic amines) is 1. The second-order valence-electron chi connectivity index (χ2n) is 9.47. The summed E-state index contributed by atoms with van der Waals surface area (Å²) in [4.78, 5) is 15.6. The summed E-state index contributed by atoms with van der Waals surface area (Å²) in [5, 5.41) is 3.23. The largest absolute Gasteiger partial charge is 0.349 e. The van der Waals surface area contributed by atoms with E-state index in [1.165, 1.54) is 0 Å². The number of rotatable bonds is 6. The predicted molar refractivity (Wildman–Crippen MR) is 118 cm³/mol. The summed E-state index contributed by atoms with van der Waals surface area (Å²) >= 11 is 0. The third kappa shape index (κ3) is 4.73. The molecule has 1 unspecified atom stereocenters. The van der Waals surface area contributed by atoms with E-state index in [0.717, 1.165) is 75.6 Å². The molecule has 1 saturated heterocycles. The smallest absolute Gasteiger partial charge is 0.240 e. The Balaban J connectivity index is 1.42. The van der Waals surface area contributed by atoms with E-state index in [0.29, 0.717) is 10.9 Å². The number of hydrogen-bond donors (Lipinski definition) is 2. The van der Waals surface area contributed by atoms with Gasteiger partial charge in [0.1, 0.15) is 0 Å². The lowest BCUT2D eigenvalue weighted by molar-refractivity contribution is -0.127. The predicted octanol–water partition coefficient (Wildman–Crippen LogP) is 3.13. The Morgan fingerprint density at radius 3 is 2.43 bits per heavy atom. The quantitative estimate of drug-likeness (QED) is 0.722. The van der Waals surface area contributed by atoms with Gasteiger partial charge < -0.3 is 10.2 Å². The first-order chi connectivity index (χ1) is 14.3. The zero-order chi connectivity index (χ0) is 21.3. The molecule has 0 aromatic heterocycles. The highest BCUT2D eigenvalue weighted by molar-refractivity contribution is 7.89. The lowest BCUT2D eigenvalue weighted by Gasteiger charge is -2.34. The maximum atomic E-state index is 12.9. The molecule has 1 heterocycles. The fourth-order valence-corrected chi connectivity index (χ4v) is 6.54. The topological polar surface area (TPSA) is 78.5 Å². The first-order valence-corrected chi connectivity index (χ1v) is 13.0. The number of carbonyl (C=O) groups is 1. The van der Waals surface area contributed by atoms with Crippen molar-refractivity contribution in [1.82, 2.24) is 14.9 Å². The number of carbonyl (C=O) groups excluding carboxylic acids is 1. The number of hydrogen-bond acceptors (Lipinski definition) is 4. The monoisotopic (exact) mass is 433 g/mol. The van der Waals surface area contributed by atoms with Gasteiger partial charge in [0.15, 0.2) is 0 Å². The number of nitrogens with one attached hydrogen (secondary N) is 2. The van der Waals surface area contributed by atoms with E-state index in [1.54, 1.807) is 12.1 Å². The molecule has 0 bridgehead atoms. The minimum atomic E-state index is -3.52. The first-order valence-electron chi connectivity index (χ1n) is 11.5. The van der Waals surface area contributed by atoms with Crippen molar-refractivity contribution in [1.29, 1.82) is 0 Å². The Bertz CT molecular complexity index is 870. The summed E-state index contributed by atoms with van der Waals surface area (Å²) in [6, 6.07) is 5.90. The molecule has 1 saturated carbocycles. The maximum Gasteiger partial charge on any atom is 0.240 e. The molecule has 3 aliphatic rings. The van der Waals surface area contributed by atoms with Crippen molar-refractivity contribution in [3.63, 3.8) is 0 Å². The van der Waals surface area contributed by atoms with Gasteiger partial charge in [-0.25, -0.2) is 13.1 Å². The van der Waals surface area contributed by atoms with Crippen LogP contribution in [0.3, 0.4) is 0 Å². The van der Waals surface area contributed by atoms with Crippen LogP contribution in [0, 0.1) is 5.92 Å². The molecule has 0 radical (unpaired) electrons. The second kappa shape index (κ2) is 8.97. The van der Waals surface area contributed by atoms with Crippen LogP contribution >= 0.6 is 0 Å². The van der Waals surface area contributed by atoms with Gasteiger partial charge in [-0.05, 0) is 88.7 Å². The SMILES string of the molecule is CC(C)N1CCC(C(=O)NC2CCc3ccc(S(=O)(=O)NC4CCCC4)cc32)CC1. The molecular weight excluding hydrogens is 398 g/mol. The molecule has 166 valence electrons. The molecule has 2 fully saturated rings. The highest BCUT2D eigenvalue weighted by Crippen LogP contribution is 2.34. The van der Waals surface area contributed by atoms with Crippen LogP contribution in [0.4, 0.5) is 0 Å². The number of nitrogens with zero attached hydrogens (tertiary/aromatic N) is 1. The third-order valence-electron chi connectivity index (χ3n) is 7.13. The van der Waals surface area contributed by atoms with Crippen LogP contribution in [-0.2, 0) is 21.2 Å². The van der Waals surface area contributed by atoms with Crippen molar-refractivity contribution in [2.24, 2.45) is 5.92 Å². The van der Waals surface area contributed by atoms with Crippen molar-refractivity contribution < 1.29 is 13.2 Å². The van der Waals surface area contributed by atoms with Crippen LogP contribution < -0.4 is 10.0 Å². The molecule has 1 amide bonds. The van der Waals surface area contributed by atoms with Crippen molar-refractivity contribution >= 4 is 15.9 Å². The summed E-state index contributed by atoms with van der Waals surface area (Å²) in [7, 11) is -3.52. The van der Waals surface area contributed by atoms with Gasteiger partial charge in [0, 0.05) is 18.0 Å². The molecule has 7 heteroatoms. The summed E-state index contributed by atoms with van der Waals surface area (Å²) in [6.45, 7) is 6.32. The Morgan fingerprint density at radius 2 is 1.77 bits per heavy atom. The lowest BCUT2D eigenvalue weighted by Crippen LogP contribution is -2.43. The average Bonchev–Trinajstić information content (AvgIpc) is 3.37. The number of fused-ring (bicyclic) bond motifs is 1. The second-order valence-corrected chi connectivity index (χ2v) is 11.2. The Morgan fingerprint density at radius 1 is 1.07 bits per heavy atom. The van der Waals surface area contributed by atoms with Crippen LogP contribution in [-0.4, -0.2) is 44.4 Å². The molecule has 1 aliphatic heterocycles. The van der Waals surface area contributed by atoms with E-state index >= 15 is 0 Å². The lowest BCUT2D eigenvalue weighted by atomic mass is 9.94. The molecule has 30 heavy (non-hydrogen) atoms. The van der Waals surface area contributed by atoms with Gasteiger partial charge >= 0.3 is 0 Å². The highest BCUT2D eigenvalue weighted by atomic mass is 32.2. The van der Waals surface area contributed by atoms with E-state index in [2.05, 4.69) is 28.8 Å². The summed E-state index contributed by atoms with van der Waals surface area (Å²) in [5.41, 5.74) is 2.12. The normalized spacial score (nSPS) is 23.8. The molecule has 2 aliphatic carbocycles. The summed E-state index contributed by atoms with van der Waals surface area (Å²) in [6.07, 6.45) is 7.50. The summed E-state index contributed by atoms with van der Waals surface area (Å²) in [5.74, 6) is 0.175. The van der Waals surface area contributed by atoms with E-state index in [4.69, 9.17) is 0 Å². The fourth-order valence-electron chi connectivity index (χ4n) is 5.20. The van der Waals surface area contributed by atoms with Crippen molar-refractivity contribution in [2.45, 2.75) is 88.2 Å². The minimum absolute atomic E-state index is 0.0514. The van der Waals surface area contributed by atoms with Crippen LogP contribution in [0.2, 0.25) is 0 Å². The Kier molecular flexibility index (Phi) is 6.51. The molecule has 0 spiro atoms. The van der Waals surface area contributed by atoms with Crippen molar-refractivity contribution in [2.75, 3.05) is 13.1 Å². The van der Waals surface area contributed by atoms with Gasteiger partial charge in [0.25, 0.3) is 0 Å². The number of piperidine rings is 1. The number of sulfonamides is 1. The highest BCUT2D eigenvalue weighted by Gasteiger charge is 2.31. The van der Waals surface area contributed by atoms with Crippen LogP contribution in [0.15, 0.2) is 23.1 Å².